The number of hydrogen-bond donors (Lipinski definition) is 1. The van der Waals surface area contributed by atoms with E-state index in [1.165, 1.54) is 16.7 Å². The lowest BCUT2D eigenvalue weighted by molar-refractivity contribution is 0.270. The molecule has 0 fully saturated rings. The van der Waals surface area contributed by atoms with Crippen LogP contribution in [0.25, 0.3) is 0 Å². The van der Waals surface area contributed by atoms with Gasteiger partial charge in [-0.2, -0.15) is 0 Å². The van der Waals surface area contributed by atoms with Crippen LogP contribution >= 0.6 is 0 Å². The molecule has 2 nitrogen and oxygen atoms in total. The maximum Gasteiger partial charge on any atom is 0.0211 e. The first kappa shape index (κ1) is 15.2. The molecule has 1 unspecified atom stereocenters. The summed E-state index contributed by atoms with van der Waals surface area (Å²) in [5.74, 6) is 0. The van der Waals surface area contributed by atoms with Crippen molar-refractivity contribution in [2.24, 2.45) is 0 Å². The van der Waals surface area contributed by atoms with Crippen molar-refractivity contribution in [1.29, 1.82) is 0 Å². The Morgan fingerprint density at radius 3 is 2.44 bits per heavy atom. The average Bonchev–Trinajstić information content (AvgIpc) is 2.37. The van der Waals surface area contributed by atoms with Crippen molar-refractivity contribution in [2.75, 3.05) is 19.6 Å². The lowest BCUT2D eigenvalue weighted by Gasteiger charge is -2.23. The van der Waals surface area contributed by atoms with E-state index < -0.39 is 0 Å². The van der Waals surface area contributed by atoms with E-state index in [0.717, 1.165) is 26.2 Å². The van der Waals surface area contributed by atoms with Crippen molar-refractivity contribution in [3.8, 4) is 0 Å². The molecular formula is C16H28N2. The number of rotatable bonds is 7. The van der Waals surface area contributed by atoms with E-state index in [1.807, 2.05) is 0 Å². The molecule has 2 heteroatoms. The van der Waals surface area contributed by atoms with E-state index >= 15 is 0 Å². The van der Waals surface area contributed by atoms with Gasteiger partial charge in [-0.3, -0.25) is 0 Å². The quantitative estimate of drug-likeness (QED) is 0.797. The van der Waals surface area contributed by atoms with Gasteiger partial charge in [0.15, 0.2) is 0 Å². The Labute approximate surface area is 112 Å². The topological polar surface area (TPSA) is 15.3 Å². The summed E-state index contributed by atoms with van der Waals surface area (Å²) >= 11 is 0. The molecule has 0 aliphatic rings. The van der Waals surface area contributed by atoms with Crippen LogP contribution in [0.2, 0.25) is 0 Å². The molecule has 18 heavy (non-hydrogen) atoms. The normalized spacial score (nSPS) is 13.0. The molecule has 1 atom stereocenters. The summed E-state index contributed by atoms with van der Waals surface area (Å²) in [5, 5.41) is 3.62. The Morgan fingerprint density at radius 2 is 1.83 bits per heavy atom. The van der Waals surface area contributed by atoms with Gasteiger partial charge >= 0.3 is 0 Å². The highest BCUT2D eigenvalue weighted by atomic mass is 15.1. The van der Waals surface area contributed by atoms with Gasteiger partial charge in [-0.15, -0.1) is 0 Å². The maximum absolute atomic E-state index is 3.62. The molecule has 0 aromatic heterocycles. The van der Waals surface area contributed by atoms with E-state index in [-0.39, 0.29) is 0 Å². The average molecular weight is 248 g/mol. The van der Waals surface area contributed by atoms with Crippen LogP contribution in [0, 0.1) is 13.8 Å². The summed E-state index contributed by atoms with van der Waals surface area (Å²) in [4.78, 5) is 2.46. The van der Waals surface area contributed by atoms with Crippen LogP contribution in [0.4, 0.5) is 0 Å². The molecule has 0 radical (unpaired) electrons. The van der Waals surface area contributed by atoms with Crippen LogP contribution < -0.4 is 5.32 Å². The van der Waals surface area contributed by atoms with Crippen molar-refractivity contribution in [2.45, 2.75) is 47.2 Å². The third-order valence-electron chi connectivity index (χ3n) is 3.57. The second-order valence-corrected chi connectivity index (χ2v) is 5.20. The van der Waals surface area contributed by atoms with Gasteiger partial charge in [0.1, 0.15) is 0 Å². The molecule has 1 aromatic rings. The standard InChI is InChI=1S/C16H28N2/c1-6-18(7-2)12-15(5)17-11-16-10-13(3)8-9-14(16)4/h8-10,15,17H,6-7,11-12H2,1-5H3. The van der Waals surface area contributed by atoms with Crippen LogP contribution in [0.5, 0.6) is 0 Å². The molecular weight excluding hydrogens is 220 g/mol. The van der Waals surface area contributed by atoms with Crippen molar-refractivity contribution in [3.05, 3.63) is 34.9 Å². The van der Waals surface area contributed by atoms with E-state index in [1.54, 1.807) is 0 Å². The van der Waals surface area contributed by atoms with Gasteiger partial charge in [-0.05, 0) is 45.0 Å². The third-order valence-corrected chi connectivity index (χ3v) is 3.57. The number of hydrogen-bond acceptors (Lipinski definition) is 2. The fourth-order valence-corrected chi connectivity index (χ4v) is 2.21. The van der Waals surface area contributed by atoms with Gasteiger partial charge < -0.3 is 10.2 Å². The van der Waals surface area contributed by atoms with E-state index in [0.29, 0.717) is 6.04 Å². The molecule has 1 aromatic carbocycles. The highest BCUT2D eigenvalue weighted by molar-refractivity contribution is 5.30. The lowest BCUT2D eigenvalue weighted by Crippen LogP contribution is -2.38. The molecule has 1 N–H and O–H groups in total. The Bertz CT molecular complexity index is 356. The second kappa shape index (κ2) is 7.55. The summed E-state index contributed by atoms with van der Waals surface area (Å²) in [5.41, 5.74) is 4.14. The molecule has 102 valence electrons. The summed E-state index contributed by atoms with van der Waals surface area (Å²) in [6.07, 6.45) is 0. The van der Waals surface area contributed by atoms with Crippen molar-refractivity contribution < 1.29 is 0 Å². The first-order chi connectivity index (χ1) is 8.56. The van der Waals surface area contributed by atoms with Gasteiger partial charge in [0.05, 0.1) is 0 Å². The zero-order valence-electron chi connectivity index (χ0n) is 12.6. The third kappa shape index (κ3) is 4.79. The van der Waals surface area contributed by atoms with Gasteiger partial charge in [-0.1, -0.05) is 37.6 Å². The van der Waals surface area contributed by atoms with Crippen LogP contribution in [0.15, 0.2) is 18.2 Å². The number of likely N-dealkylation sites (N-methyl/N-ethyl adjacent to an activating group) is 1. The minimum absolute atomic E-state index is 0.532. The Balaban J connectivity index is 2.46. The molecule has 0 aliphatic carbocycles. The SMILES string of the molecule is CCN(CC)CC(C)NCc1cc(C)ccc1C. The van der Waals surface area contributed by atoms with Gasteiger partial charge in [0, 0.05) is 19.1 Å². The minimum Gasteiger partial charge on any atom is -0.309 e. The fraction of sp³-hybridized carbons (Fsp3) is 0.625. The largest absolute Gasteiger partial charge is 0.309 e. The van der Waals surface area contributed by atoms with E-state index in [4.69, 9.17) is 0 Å². The molecule has 0 bridgehead atoms. The van der Waals surface area contributed by atoms with Gasteiger partial charge in [0.25, 0.3) is 0 Å². The predicted octanol–water partition coefficient (Wildman–Crippen LogP) is 3.12. The van der Waals surface area contributed by atoms with Crippen LogP contribution in [0.1, 0.15) is 37.5 Å². The molecule has 1 rings (SSSR count). The highest BCUT2D eigenvalue weighted by Crippen LogP contribution is 2.10. The van der Waals surface area contributed by atoms with E-state index in [9.17, 15) is 0 Å². The molecule has 0 amide bonds. The Hall–Kier alpha value is -0.860. The first-order valence-corrected chi connectivity index (χ1v) is 7.08. The number of benzene rings is 1. The minimum atomic E-state index is 0.532. The fourth-order valence-electron chi connectivity index (χ4n) is 2.21. The lowest BCUT2D eigenvalue weighted by atomic mass is 10.1. The summed E-state index contributed by atoms with van der Waals surface area (Å²) in [6.45, 7) is 15.4. The van der Waals surface area contributed by atoms with Gasteiger partial charge in [-0.25, -0.2) is 0 Å². The Morgan fingerprint density at radius 1 is 1.17 bits per heavy atom. The molecule has 0 aliphatic heterocycles. The number of nitrogens with one attached hydrogen (secondary N) is 1. The Kier molecular flexibility index (Phi) is 6.37. The monoisotopic (exact) mass is 248 g/mol. The molecule has 0 heterocycles. The first-order valence-electron chi connectivity index (χ1n) is 7.08. The smallest absolute Gasteiger partial charge is 0.0211 e. The second-order valence-electron chi connectivity index (χ2n) is 5.20. The zero-order valence-corrected chi connectivity index (χ0v) is 12.6. The van der Waals surface area contributed by atoms with Crippen molar-refractivity contribution in [3.63, 3.8) is 0 Å². The zero-order chi connectivity index (χ0) is 13.5. The molecule has 0 saturated heterocycles. The van der Waals surface area contributed by atoms with E-state index in [2.05, 4.69) is 63.0 Å². The van der Waals surface area contributed by atoms with Crippen molar-refractivity contribution in [1.82, 2.24) is 10.2 Å². The number of aryl methyl sites for hydroxylation is 2. The van der Waals surface area contributed by atoms with Crippen LogP contribution in [-0.4, -0.2) is 30.6 Å². The van der Waals surface area contributed by atoms with Gasteiger partial charge in [0.2, 0.25) is 0 Å². The predicted molar refractivity (Wildman–Crippen MR) is 80.0 cm³/mol. The summed E-state index contributed by atoms with van der Waals surface area (Å²) in [6, 6.07) is 7.20. The summed E-state index contributed by atoms with van der Waals surface area (Å²) in [7, 11) is 0. The summed E-state index contributed by atoms with van der Waals surface area (Å²) < 4.78 is 0. The number of nitrogens with zero attached hydrogens (tertiary/aromatic N) is 1. The van der Waals surface area contributed by atoms with Crippen LogP contribution in [-0.2, 0) is 6.54 Å². The van der Waals surface area contributed by atoms with Crippen LogP contribution in [0.3, 0.4) is 0 Å². The molecule has 0 saturated carbocycles. The molecule has 0 spiro atoms. The highest BCUT2D eigenvalue weighted by Gasteiger charge is 2.07. The maximum atomic E-state index is 3.62. The van der Waals surface area contributed by atoms with Crippen molar-refractivity contribution >= 4 is 0 Å².